The van der Waals surface area contributed by atoms with Crippen LogP contribution in [0.2, 0.25) is 0 Å². The third-order valence-electron chi connectivity index (χ3n) is 3.26. The number of benzene rings is 2. The Morgan fingerprint density at radius 1 is 1.17 bits per heavy atom. The smallest absolute Gasteiger partial charge is 0.287 e. The van der Waals surface area contributed by atoms with Crippen LogP contribution in [0.25, 0.3) is 11.3 Å². The van der Waals surface area contributed by atoms with Crippen LogP contribution in [0.1, 0.15) is 16.1 Å². The average molecular weight is 373 g/mol. The lowest BCUT2D eigenvalue weighted by Gasteiger charge is -2.08. The van der Waals surface area contributed by atoms with Gasteiger partial charge in [0.05, 0.1) is 0 Å². The fourth-order valence-electron chi connectivity index (χ4n) is 2.03. The molecule has 0 aliphatic heterocycles. The van der Waals surface area contributed by atoms with E-state index in [1.54, 1.807) is 0 Å². The maximum absolute atomic E-state index is 11.0. The van der Waals surface area contributed by atoms with Crippen LogP contribution in [0.15, 0.2) is 63.6 Å². The summed E-state index contributed by atoms with van der Waals surface area (Å²) in [6.07, 6.45) is 0. The highest BCUT2D eigenvalue weighted by molar-refractivity contribution is 9.10. The minimum Gasteiger partial charge on any atom is -0.489 e. The Balaban J connectivity index is 1.69. The van der Waals surface area contributed by atoms with Gasteiger partial charge in [0.2, 0.25) is 5.76 Å². The van der Waals surface area contributed by atoms with E-state index in [1.807, 2.05) is 48.5 Å². The maximum atomic E-state index is 11.0. The van der Waals surface area contributed by atoms with Gasteiger partial charge in [0, 0.05) is 21.7 Å². The number of hydrogen-bond acceptors (Lipinski definition) is 4. The molecule has 0 atom stereocenters. The Bertz CT molecular complexity index is 828. The summed E-state index contributed by atoms with van der Waals surface area (Å²) in [7, 11) is 0. The van der Waals surface area contributed by atoms with Crippen LogP contribution in [0, 0.1) is 0 Å². The van der Waals surface area contributed by atoms with Crippen molar-refractivity contribution < 1.29 is 14.1 Å². The zero-order valence-electron chi connectivity index (χ0n) is 12.0. The Hall–Kier alpha value is -2.60. The molecule has 2 aromatic carbocycles. The van der Waals surface area contributed by atoms with Crippen molar-refractivity contribution in [1.82, 2.24) is 5.16 Å². The highest BCUT2D eigenvalue weighted by atomic mass is 79.9. The Labute approximate surface area is 141 Å². The SMILES string of the molecule is NC(=O)c1cc(-c2ccc(OCc3ccccc3Br)cc2)no1. The number of aromatic nitrogens is 1. The number of carbonyl (C=O) groups is 1. The highest BCUT2D eigenvalue weighted by Gasteiger charge is 2.10. The predicted octanol–water partition coefficient (Wildman–Crippen LogP) is 3.78. The van der Waals surface area contributed by atoms with Gasteiger partial charge in [-0.3, -0.25) is 4.79 Å². The van der Waals surface area contributed by atoms with Gasteiger partial charge in [-0.15, -0.1) is 0 Å². The van der Waals surface area contributed by atoms with Gasteiger partial charge in [0.25, 0.3) is 5.91 Å². The largest absolute Gasteiger partial charge is 0.489 e. The minimum absolute atomic E-state index is 0.0363. The normalized spacial score (nSPS) is 10.5. The lowest BCUT2D eigenvalue weighted by atomic mass is 10.1. The molecule has 6 heteroatoms. The number of carbonyl (C=O) groups excluding carboxylic acids is 1. The van der Waals surface area contributed by atoms with Gasteiger partial charge >= 0.3 is 0 Å². The average Bonchev–Trinajstić information content (AvgIpc) is 3.05. The molecule has 1 heterocycles. The van der Waals surface area contributed by atoms with Crippen molar-refractivity contribution in [3.63, 3.8) is 0 Å². The Morgan fingerprint density at radius 2 is 1.91 bits per heavy atom. The summed E-state index contributed by atoms with van der Waals surface area (Å²) in [4.78, 5) is 11.0. The molecule has 23 heavy (non-hydrogen) atoms. The topological polar surface area (TPSA) is 78.4 Å². The maximum Gasteiger partial charge on any atom is 0.287 e. The van der Waals surface area contributed by atoms with E-state index in [4.69, 9.17) is 15.0 Å². The van der Waals surface area contributed by atoms with Crippen LogP contribution < -0.4 is 10.5 Å². The van der Waals surface area contributed by atoms with E-state index in [1.165, 1.54) is 6.07 Å². The highest BCUT2D eigenvalue weighted by Crippen LogP contribution is 2.23. The second kappa shape index (κ2) is 6.66. The van der Waals surface area contributed by atoms with Gasteiger partial charge in [-0.2, -0.15) is 0 Å². The van der Waals surface area contributed by atoms with E-state index < -0.39 is 5.91 Å². The molecule has 0 saturated carbocycles. The summed E-state index contributed by atoms with van der Waals surface area (Å²) in [5.41, 5.74) is 7.57. The molecule has 0 unspecified atom stereocenters. The third kappa shape index (κ3) is 3.60. The van der Waals surface area contributed by atoms with Crippen LogP contribution in [0.4, 0.5) is 0 Å². The van der Waals surface area contributed by atoms with Gasteiger partial charge in [-0.05, 0) is 30.3 Å². The second-order valence-corrected chi connectivity index (χ2v) is 5.70. The minimum atomic E-state index is -0.642. The molecule has 0 bridgehead atoms. The number of rotatable bonds is 5. The number of amides is 1. The second-order valence-electron chi connectivity index (χ2n) is 4.85. The standard InChI is InChI=1S/C17H13BrN2O3/c18-14-4-2-1-3-12(14)10-22-13-7-5-11(6-8-13)15-9-16(17(19)21)23-20-15/h1-9H,10H2,(H2,19,21). The van der Waals surface area contributed by atoms with Gasteiger partial charge < -0.3 is 15.0 Å². The zero-order chi connectivity index (χ0) is 16.2. The molecule has 0 spiro atoms. The summed E-state index contributed by atoms with van der Waals surface area (Å²) in [5, 5.41) is 3.82. The number of halogens is 1. The van der Waals surface area contributed by atoms with E-state index in [-0.39, 0.29) is 5.76 Å². The Kier molecular flexibility index (Phi) is 4.43. The fourth-order valence-corrected chi connectivity index (χ4v) is 2.43. The van der Waals surface area contributed by atoms with Crippen LogP contribution in [-0.2, 0) is 6.61 Å². The molecule has 0 radical (unpaired) electrons. The first kappa shape index (κ1) is 15.3. The first-order chi connectivity index (χ1) is 11.1. The van der Waals surface area contributed by atoms with Crippen molar-refractivity contribution in [1.29, 1.82) is 0 Å². The summed E-state index contributed by atoms with van der Waals surface area (Å²) >= 11 is 3.49. The number of primary amides is 1. The molecular formula is C17H13BrN2O3. The molecule has 0 aliphatic rings. The van der Waals surface area contributed by atoms with Gasteiger partial charge in [-0.1, -0.05) is 39.3 Å². The molecule has 0 aliphatic carbocycles. The van der Waals surface area contributed by atoms with Crippen molar-refractivity contribution in [2.45, 2.75) is 6.61 Å². The fraction of sp³-hybridized carbons (Fsp3) is 0.0588. The monoisotopic (exact) mass is 372 g/mol. The van der Waals surface area contributed by atoms with Crippen molar-refractivity contribution in [3.05, 3.63) is 70.4 Å². The summed E-state index contributed by atoms with van der Waals surface area (Å²) in [6.45, 7) is 0.469. The first-order valence-electron chi connectivity index (χ1n) is 6.86. The van der Waals surface area contributed by atoms with Crippen molar-refractivity contribution in [2.75, 3.05) is 0 Å². The van der Waals surface area contributed by atoms with Crippen molar-refractivity contribution >= 4 is 21.8 Å². The zero-order valence-corrected chi connectivity index (χ0v) is 13.6. The number of hydrogen-bond donors (Lipinski definition) is 1. The van der Waals surface area contributed by atoms with Gasteiger partial charge in [-0.25, -0.2) is 0 Å². The molecular weight excluding hydrogens is 360 g/mol. The number of ether oxygens (including phenoxy) is 1. The van der Waals surface area contributed by atoms with Gasteiger partial charge in [0.1, 0.15) is 18.1 Å². The first-order valence-corrected chi connectivity index (χ1v) is 7.66. The summed E-state index contributed by atoms with van der Waals surface area (Å²) in [5.74, 6) is 0.134. The quantitative estimate of drug-likeness (QED) is 0.738. The Morgan fingerprint density at radius 3 is 2.57 bits per heavy atom. The third-order valence-corrected chi connectivity index (χ3v) is 4.03. The van der Waals surface area contributed by atoms with E-state index in [0.717, 1.165) is 21.3 Å². The van der Waals surface area contributed by atoms with Crippen LogP contribution >= 0.6 is 15.9 Å². The molecule has 3 aromatic rings. The lowest BCUT2D eigenvalue weighted by molar-refractivity contribution is 0.0965. The van der Waals surface area contributed by atoms with Crippen LogP contribution in [0.5, 0.6) is 5.75 Å². The van der Waals surface area contributed by atoms with E-state index in [0.29, 0.717) is 12.3 Å². The van der Waals surface area contributed by atoms with Crippen LogP contribution in [-0.4, -0.2) is 11.1 Å². The number of nitrogens with two attached hydrogens (primary N) is 1. The molecule has 5 nitrogen and oxygen atoms in total. The molecule has 116 valence electrons. The molecule has 0 saturated heterocycles. The van der Waals surface area contributed by atoms with E-state index >= 15 is 0 Å². The summed E-state index contributed by atoms with van der Waals surface area (Å²) in [6, 6.07) is 16.8. The van der Waals surface area contributed by atoms with E-state index in [2.05, 4.69) is 21.1 Å². The van der Waals surface area contributed by atoms with Gasteiger partial charge in [0.15, 0.2) is 0 Å². The van der Waals surface area contributed by atoms with Crippen molar-refractivity contribution in [2.24, 2.45) is 5.73 Å². The molecule has 3 rings (SSSR count). The van der Waals surface area contributed by atoms with Crippen molar-refractivity contribution in [3.8, 4) is 17.0 Å². The van der Waals surface area contributed by atoms with E-state index in [9.17, 15) is 4.79 Å². The summed E-state index contributed by atoms with van der Waals surface area (Å²) < 4.78 is 11.6. The predicted molar refractivity (Wildman–Crippen MR) is 88.9 cm³/mol. The molecule has 1 amide bonds. The molecule has 1 aromatic heterocycles. The number of nitrogens with zero attached hydrogens (tertiary/aromatic N) is 1. The molecule has 0 fully saturated rings. The molecule has 2 N–H and O–H groups in total. The van der Waals surface area contributed by atoms with Crippen LogP contribution in [0.3, 0.4) is 0 Å². The lowest BCUT2D eigenvalue weighted by Crippen LogP contribution is -2.09.